The molecule has 1 aliphatic carbocycles. The SMILES string of the molecule is CC(=O)CCCCCCCC1CCCC1. The number of hydrogen-bond acceptors (Lipinski definition) is 1. The van der Waals surface area contributed by atoms with Gasteiger partial charge < -0.3 is 4.79 Å². The molecule has 0 atom stereocenters. The van der Waals surface area contributed by atoms with Gasteiger partial charge in [-0.25, -0.2) is 0 Å². The molecule has 0 N–H and O–H groups in total. The van der Waals surface area contributed by atoms with Crippen LogP contribution in [0.4, 0.5) is 0 Å². The fourth-order valence-electron chi connectivity index (χ4n) is 2.64. The van der Waals surface area contributed by atoms with Crippen molar-refractivity contribution in [1.29, 1.82) is 0 Å². The van der Waals surface area contributed by atoms with Crippen molar-refractivity contribution in [3.8, 4) is 0 Å². The van der Waals surface area contributed by atoms with Crippen LogP contribution in [0, 0.1) is 5.92 Å². The van der Waals surface area contributed by atoms with Gasteiger partial charge in [0.15, 0.2) is 0 Å². The second-order valence-electron chi connectivity index (χ2n) is 5.16. The van der Waals surface area contributed by atoms with Crippen molar-refractivity contribution in [3.05, 3.63) is 0 Å². The topological polar surface area (TPSA) is 17.1 Å². The minimum atomic E-state index is 0.348. The third-order valence-electron chi connectivity index (χ3n) is 3.62. The lowest BCUT2D eigenvalue weighted by molar-refractivity contribution is -0.117. The van der Waals surface area contributed by atoms with Crippen molar-refractivity contribution in [2.75, 3.05) is 0 Å². The normalized spacial score (nSPS) is 17.1. The first kappa shape index (κ1) is 12.7. The number of carbonyl (C=O) groups is 1. The minimum absolute atomic E-state index is 0.348. The molecule has 15 heavy (non-hydrogen) atoms. The Bertz CT molecular complexity index is 168. The van der Waals surface area contributed by atoms with Gasteiger partial charge in [0, 0.05) is 6.42 Å². The molecule has 88 valence electrons. The summed E-state index contributed by atoms with van der Waals surface area (Å²) in [6.45, 7) is 1.69. The van der Waals surface area contributed by atoms with Gasteiger partial charge in [-0.15, -0.1) is 0 Å². The smallest absolute Gasteiger partial charge is 0.129 e. The molecule has 1 rings (SSSR count). The molecule has 0 aromatic rings. The van der Waals surface area contributed by atoms with E-state index >= 15 is 0 Å². The fraction of sp³-hybridized carbons (Fsp3) is 0.929. The summed E-state index contributed by atoms with van der Waals surface area (Å²) in [4.78, 5) is 10.7. The van der Waals surface area contributed by atoms with E-state index in [-0.39, 0.29) is 0 Å². The number of unbranched alkanes of at least 4 members (excludes halogenated alkanes) is 4. The standard InChI is InChI=1S/C14H26O/c1-13(15)9-5-3-2-4-6-10-14-11-7-8-12-14/h14H,2-12H2,1H3. The van der Waals surface area contributed by atoms with E-state index in [2.05, 4.69) is 0 Å². The van der Waals surface area contributed by atoms with Crippen LogP contribution in [-0.4, -0.2) is 5.78 Å². The highest BCUT2D eigenvalue weighted by atomic mass is 16.1. The van der Waals surface area contributed by atoms with Crippen molar-refractivity contribution in [3.63, 3.8) is 0 Å². The number of hydrogen-bond donors (Lipinski definition) is 0. The van der Waals surface area contributed by atoms with E-state index in [1.165, 1.54) is 57.8 Å². The highest BCUT2D eigenvalue weighted by Crippen LogP contribution is 2.29. The zero-order chi connectivity index (χ0) is 10.9. The third kappa shape index (κ3) is 6.70. The summed E-state index contributed by atoms with van der Waals surface area (Å²) in [5, 5.41) is 0. The number of Topliss-reactive ketones (excluding diaryl/α,β-unsaturated/α-hetero) is 1. The molecule has 0 aromatic carbocycles. The van der Waals surface area contributed by atoms with Gasteiger partial charge in [0.25, 0.3) is 0 Å². The Morgan fingerprint density at radius 1 is 1.00 bits per heavy atom. The summed E-state index contributed by atoms with van der Waals surface area (Å²) < 4.78 is 0. The Morgan fingerprint density at radius 2 is 1.60 bits per heavy atom. The Hall–Kier alpha value is -0.330. The zero-order valence-corrected chi connectivity index (χ0v) is 10.3. The van der Waals surface area contributed by atoms with Crippen molar-refractivity contribution in [1.82, 2.24) is 0 Å². The lowest BCUT2D eigenvalue weighted by Crippen LogP contribution is -1.93. The molecule has 0 spiro atoms. The molecule has 1 saturated carbocycles. The molecule has 0 unspecified atom stereocenters. The van der Waals surface area contributed by atoms with Gasteiger partial charge in [0.1, 0.15) is 5.78 Å². The maximum Gasteiger partial charge on any atom is 0.129 e. The first-order chi connectivity index (χ1) is 7.29. The van der Waals surface area contributed by atoms with Crippen molar-refractivity contribution >= 4 is 5.78 Å². The molecule has 0 heterocycles. The highest BCUT2D eigenvalue weighted by Gasteiger charge is 2.13. The van der Waals surface area contributed by atoms with Gasteiger partial charge in [0.2, 0.25) is 0 Å². The van der Waals surface area contributed by atoms with Gasteiger partial charge in [-0.3, -0.25) is 0 Å². The molecule has 1 heteroatoms. The van der Waals surface area contributed by atoms with E-state index < -0.39 is 0 Å². The molecule has 0 amide bonds. The van der Waals surface area contributed by atoms with E-state index in [9.17, 15) is 4.79 Å². The average Bonchev–Trinajstić information content (AvgIpc) is 2.68. The van der Waals surface area contributed by atoms with Crippen LogP contribution in [0.15, 0.2) is 0 Å². The van der Waals surface area contributed by atoms with Crippen LogP contribution in [0.25, 0.3) is 0 Å². The van der Waals surface area contributed by atoms with Crippen LogP contribution < -0.4 is 0 Å². The van der Waals surface area contributed by atoms with Crippen LogP contribution in [0.1, 0.15) is 77.6 Å². The molecule has 1 aliphatic rings. The number of rotatable bonds is 8. The first-order valence-corrected chi connectivity index (χ1v) is 6.78. The van der Waals surface area contributed by atoms with Crippen LogP contribution in [0.2, 0.25) is 0 Å². The van der Waals surface area contributed by atoms with E-state index in [0.717, 1.165) is 18.8 Å². The molecule has 0 bridgehead atoms. The Labute approximate surface area is 94.6 Å². The van der Waals surface area contributed by atoms with E-state index in [0.29, 0.717) is 5.78 Å². The monoisotopic (exact) mass is 210 g/mol. The maximum atomic E-state index is 10.7. The highest BCUT2D eigenvalue weighted by molar-refractivity contribution is 5.75. The summed E-state index contributed by atoms with van der Waals surface area (Å²) in [6, 6.07) is 0. The van der Waals surface area contributed by atoms with Crippen molar-refractivity contribution < 1.29 is 4.79 Å². The van der Waals surface area contributed by atoms with Crippen LogP contribution in [0.3, 0.4) is 0 Å². The van der Waals surface area contributed by atoms with Gasteiger partial charge in [-0.2, -0.15) is 0 Å². The molecule has 0 radical (unpaired) electrons. The summed E-state index contributed by atoms with van der Waals surface area (Å²) in [6.07, 6.45) is 14.7. The predicted octanol–water partition coefficient (Wildman–Crippen LogP) is 4.50. The van der Waals surface area contributed by atoms with Gasteiger partial charge in [-0.05, 0) is 19.3 Å². The quantitative estimate of drug-likeness (QED) is 0.539. The van der Waals surface area contributed by atoms with Crippen LogP contribution in [-0.2, 0) is 4.79 Å². The molecule has 1 fully saturated rings. The van der Waals surface area contributed by atoms with Gasteiger partial charge in [-0.1, -0.05) is 57.8 Å². The summed E-state index contributed by atoms with van der Waals surface area (Å²) >= 11 is 0. The largest absolute Gasteiger partial charge is 0.300 e. The third-order valence-corrected chi connectivity index (χ3v) is 3.62. The van der Waals surface area contributed by atoms with Crippen LogP contribution >= 0.6 is 0 Å². The molecule has 0 saturated heterocycles. The van der Waals surface area contributed by atoms with E-state index in [4.69, 9.17) is 0 Å². The number of ketones is 1. The predicted molar refractivity (Wildman–Crippen MR) is 65.0 cm³/mol. The molecule has 0 aromatic heterocycles. The lowest BCUT2D eigenvalue weighted by Gasteiger charge is -2.07. The fourth-order valence-corrected chi connectivity index (χ4v) is 2.64. The van der Waals surface area contributed by atoms with Crippen molar-refractivity contribution in [2.24, 2.45) is 5.92 Å². The summed E-state index contributed by atoms with van der Waals surface area (Å²) in [5.41, 5.74) is 0. The van der Waals surface area contributed by atoms with E-state index in [1.54, 1.807) is 6.92 Å². The Morgan fingerprint density at radius 3 is 2.27 bits per heavy atom. The maximum absolute atomic E-state index is 10.7. The molecular weight excluding hydrogens is 184 g/mol. The lowest BCUT2D eigenvalue weighted by atomic mass is 9.99. The second kappa shape index (κ2) is 7.90. The second-order valence-corrected chi connectivity index (χ2v) is 5.16. The first-order valence-electron chi connectivity index (χ1n) is 6.78. The number of carbonyl (C=O) groups excluding carboxylic acids is 1. The minimum Gasteiger partial charge on any atom is -0.300 e. The average molecular weight is 210 g/mol. The molecule has 1 nitrogen and oxygen atoms in total. The Balaban J connectivity index is 1.78. The zero-order valence-electron chi connectivity index (χ0n) is 10.3. The van der Waals surface area contributed by atoms with Crippen molar-refractivity contribution in [2.45, 2.75) is 77.6 Å². The molecule has 0 aliphatic heterocycles. The van der Waals surface area contributed by atoms with Gasteiger partial charge >= 0.3 is 0 Å². The van der Waals surface area contributed by atoms with Crippen LogP contribution in [0.5, 0.6) is 0 Å². The van der Waals surface area contributed by atoms with Gasteiger partial charge in [0.05, 0.1) is 0 Å². The molecular formula is C14H26O. The Kier molecular flexibility index (Phi) is 6.71. The van der Waals surface area contributed by atoms with E-state index in [1.807, 2.05) is 0 Å². The summed E-state index contributed by atoms with van der Waals surface area (Å²) in [5.74, 6) is 1.41. The summed E-state index contributed by atoms with van der Waals surface area (Å²) in [7, 11) is 0.